The molecule has 2 aromatic rings. The van der Waals surface area contributed by atoms with E-state index in [1.165, 1.54) is 0 Å². The fraction of sp³-hybridized carbons (Fsp3) is 0. The van der Waals surface area contributed by atoms with Crippen LogP contribution in [0.2, 0.25) is 0 Å². The van der Waals surface area contributed by atoms with Gasteiger partial charge in [-0.2, -0.15) is 5.10 Å². The third-order valence-corrected chi connectivity index (χ3v) is 1.49. The molecule has 0 unspecified atom stereocenters. The van der Waals surface area contributed by atoms with E-state index in [4.69, 9.17) is 0 Å². The van der Waals surface area contributed by atoms with Gasteiger partial charge < -0.3 is 0 Å². The number of aromatic nitrogens is 3. The van der Waals surface area contributed by atoms with Crippen molar-refractivity contribution >= 4 is 18.3 Å². The summed E-state index contributed by atoms with van der Waals surface area (Å²) in [6.45, 7) is 0. The first-order chi connectivity index (χ1) is 4.86. The lowest BCUT2D eigenvalue weighted by Crippen LogP contribution is -1.87. The Balaban J connectivity index is 2.86. The Morgan fingerprint density at radius 1 is 1.40 bits per heavy atom. The smallest absolute Gasteiger partial charge is 0.156 e. The fourth-order valence-electron chi connectivity index (χ4n) is 0.803. The monoisotopic (exact) mass is 151 g/mol. The van der Waals surface area contributed by atoms with Crippen LogP contribution in [0, 0.1) is 0 Å². The van der Waals surface area contributed by atoms with E-state index < -0.39 is 0 Å². The average molecular weight is 151 g/mol. The summed E-state index contributed by atoms with van der Waals surface area (Å²) < 4.78 is 1.69. The molecule has 0 radical (unpaired) electrons. The second-order valence-corrected chi connectivity index (χ2v) is 2.38. The molecule has 0 aliphatic carbocycles. The second-order valence-electron chi connectivity index (χ2n) is 1.92. The summed E-state index contributed by atoms with van der Waals surface area (Å²) in [5.41, 5.74) is 0.826. The quantitative estimate of drug-likeness (QED) is 0.450. The van der Waals surface area contributed by atoms with Crippen LogP contribution in [0.25, 0.3) is 5.65 Å². The van der Waals surface area contributed by atoms with Crippen LogP contribution in [0.3, 0.4) is 0 Å². The minimum absolute atomic E-state index is 0.716. The molecule has 0 amide bonds. The van der Waals surface area contributed by atoms with Gasteiger partial charge >= 0.3 is 0 Å². The number of nitrogens with zero attached hydrogens (tertiary/aromatic N) is 3. The van der Waals surface area contributed by atoms with Crippen molar-refractivity contribution in [2.45, 2.75) is 5.03 Å². The number of fused-ring (bicyclic) bond motifs is 1. The maximum Gasteiger partial charge on any atom is 0.156 e. The molecule has 10 heavy (non-hydrogen) atoms. The molecule has 2 rings (SSSR count). The van der Waals surface area contributed by atoms with E-state index in [1.54, 1.807) is 16.8 Å². The van der Waals surface area contributed by atoms with Gasteiger partial charge in [0.1, 0.15) is 0 Å². The van der Waals surface area contributed by atoms with E-state index in [2.05, 4.69) is 22.7 Å². The van der Waals surface area contributed by atoms with Gasteiger partial charge in [0.05, 0.1) is 11.2 Å². The van der Waals surface area contributed by atoms with Crippen LogP contribution in [0.15, 0.2) is 29.6 Å². The standard InChI is InChI=1S/C6H5N3S/c10-6-2-4-9-5(8-6)1-3-7-9/h1-4H,(H,8,10). The summed E-state index contributed by atoms with van der Waals surface area (Å²) in [4.78, 5) is 4.10. The SMILES string of the molecule is Sc1ccn2nccc2n1. The van der Waals surface area contributed by atoms with E-state index >= 15 is 0 Å². The van der Waals surface area contributed by atoms with E-state index in [0.29, 0.717) is 5.03 Å². The van der Waals surface area contributed by atoms with Gasteiger partial charge in [-0.25, -0.2) is 9.50 Å². The summed E-state index contributed by atoms with van der Waals surface area (Å²) in [5, 5.41) is 4.70. The van der Waals surface area contributed by atoms with Gasteiger partial charge in [-0.05, 0) is 6.07 Å². The van der Waals surface area contributed by atoms with Crippen molar-refractivity contribution in [3.63, 3.8) is 0 Å². The van der Waals surface area contributed by atoms with E-state index in [1.807, 2.05) is 12.3 Å². The van der Waals surface area contributed by atoms with Crippen molar-refractivity contribution in [3.8, 4) is 0 Å². The fourth-order valence-corrected chi connectivity index (χ4v) is 0.972. The molecule has 0 aliphatic rings. The number of hydrogen-bond acceptors (Lipinski definition) is 3. The van der Waals surface area contributed by atoms with Gasteiger partial charge in [-0.15, -0.1) is 12.6 Å². The number of rotatable bonds is 0. The molecule has 0 aromatic carbocycles. The van der Waals surface area contributed by atoms with E-state index in [-0.39, 0.29) is 0 Å². The summed E-state index contributed by atoms with van der Waals surface area (Å²) in [7, 11) is 0. The molecule has 2 heterocycles. The third-order valence-electron chi connectivity index (χ3n) is 1.24. The first-order valence-corrected chi connectivity index (χ1v) is 3.30. The van der Waals surface area contributed by atoms with Gasteiger partial charge in [0.25, 0.3) is 0 Å². The molecule has 3 nitrogen and oxygen atoms in total. The molecule has 0 saturated heterocycles. The molecule has 0 aliphatic heterocycles. The Labute approximate surface area is 63.1 Å². The van der Waals surface area contributed by atoms with Crippen molar-refractivity contribution in [1.29, 1.82) is 0 Å². The highest BCUT2D eigenvalue weighted by Gasteiger charge is 1.92. The van der Waals surface area contributed by atoms with Gasteiger partial charge in [0.15, 0.2) is 5.65 Å². The van der Waals surface area contributed by atoms with Crippen LogP contribution in [0.1, 0.15) is 0 Å². The predicted molar refractivity (Wildman–Crippen MR) is 40.2 cm³/mol. The Kier molecular flexibility index (Phi) is 1.14. The molecule has 0 bridgehead atoms. The minimum atomic E-state index is 0.716. The van der Waals surface area contributed by atoms with Crippen LogP contribution in [-0.2, 0) is 0 Å². The molecule has 2 aromatic heterocycles. The van der Waals surface area contributed by atoms with Crippen LogP contribution < -0.4 is 0 Å². The summed E-state index contributed by atoms with van der Waals surface area (Å²) >= 11 is 4.08. The van der Waals surface area contributed by atoms with E-state index in [0.717, 1.165) is 5.65 Å². The number of thiol groups is 1. The molecule has 0 spiro atoms. The second kappa shape index (κ2) is 1.98. The van der Waals surface area contributed by atoms with Crippen LogP contribution in [0.4, 0.5) is 0 Å². The highest BCUT2D eigenvalue weighted by atomic mass is 32.1. The first kappa shape index (κ1) is 5.73. The lowest BCUT2D eigenvalue weighted by atomic mass is 10.6. The molecule has 0 N–H and O–H groups in total. The summed E-state index contributed by atoms with van der Waals surface area (Å²) in [6, 6.07) is 3.63. The molecule has 0 saturated carbocycles. The Bertz CT molecular complexity index is 355. The summed E-state index contributed by atoms with van der Waals surface area (Å²) in [6.07, 6.45) is 3.53. The van der Waals surface area contributed by atoms with Gasteiger partial charge in [-0.1, -0.05) is 0 Å². The molecule has 50 valence electrons. The Morgan fingerprint density at radius 2 is 2.30 bits per heavy atom. The van der Waals surface area contributed by atoms with Crippen molar-refractivity contribution in [1.82, 2.24) is 14.6 Å². The molecular weight excluding hydrogens is 146 g/mol. The summed E-state index contributed by atoms with van der Waals surface area (Å²) in [5.74, 6) is 0. The average Bonchev–Trinajstić information content (AvgIpc) is 2.33. The lowest BCUT2D eigenvalue weighted by molar-refractivity contribution is 0.916. The zero-order valence-corrected chi connectivity index (χ0v) is 5.99. The Morgan fingerprint density at radius 3 is 3.20 bits per heavy atom. The molecule has 0 fully saturated rings. The van der Waals surface area contributed by atoms with Crippen molar-refractivity contribution < 1.29 is 0 Å². The largest absolute Gasteiger partial charge is 0.223 e. The van der Waals surface area contributed by atoms with Crippen LogP contribution in [0.5, 0.6) is 0 Å². The maximum absolute atomic E-state index is 4.10. The normalized spacial score (nSPS) is 10.5. The number of hydrogen-bond donors (Lipinski definition) is 1. The van der Waals surface area contributed by atoms with Crippen molar-refractivity contribution in [2.24, 2.45) is 0 Å². The van der Waals surface area contributed by atoms with Crippen LogP contribution in [-0.4, -0.2) is 14.6 Å². The zero-order chi connectivity index (χ0) is 6.97. The van der Waals surface area contributed by atoms with Crippen molar-refractivity contribution in [3.05, 3.63) is 24.5 Å². The zero-order valence-electron chi connectivity index (χ0n) is 5.10. The topological polar surface area (TPSA) is 30.2 Å². The third kappa shape index (κ3) is 0.769. The predicted octanol–water partition coefficient (Wildman–Crippen LogP) is 1.02. The highest BCUT2D eigenvalue weighted by Crippen LogP contribution is 2.03. The van der Waals surface area contributed by atoms with Gasteiger partial charge in [0.2, 0.25) is 0 Å². The minimum Gasteiger partial charge on any atom is -0.223 e. The molecule has 4 heteroatoms. The van der Waals surface area contributed by atoms with Crippen molar-refractivity contribution in [2.75, 3.05) is 0 Å². The van der Waals surface area contributed by atoms with Gasteiger partial charge in [-0.3, -0.25) is 0 Å². The highest BCUT2D eigenvalue weighted by molar-refractivity contribution is 7.80. The molecule has 0 atom stereocenters. The lowest BCUT2D eigenvalue weighted by Gasteiger charge is -1.90. The molecular formula is C6H5N3S. The Hall–Kier alpha value is -1.03. The van der Waals surface area contributed by atoms with Gasteiger partial charge in [0, 0.05) is 12.3 Å². The maximum atomic E-state index is 4.10. The van der Waals surface area contributed by atoms with E-state index in [9.17, 15) is 0 Å². The first-order valence-electron chi connectivity index (χ1n) is 2.85. The van der Waals surface area contributed by atoms with Crippen LogP contribution >= 0.6 is 12.6 Å².